The zero-order valence-electron chi connectivity index (χ0n) is 15.5. The Labute approximate surface area is 160 Å². The van der Waals surface area contributed by atoms with Crippen LogP contribution in [0, 0.1) is 0 Å². The molecule has 150 valence electrons. The minimum absolute atomic E-state index is 0.0453. The molecule has 10 heteroatoms. The summed E-state index contributed by atoms with van der Waals surface area (Å²) in [4.78, 5) is 10.4. The van der Waals surface area contributed by atoms with Gasteiger partial charge >= 0.3 is 0 Å². The van der Waals surface area contributed by atoms with Crippen molar-refractivity contribution in [2.75, 3.05) is 46.4 Å². The Bertz CT molecular complexity index is 722. The fourth-order valence-corrected chi connectivity index (χ4v) is 4.26. The van der Waals surface area contributed by atoms with Crippen LogP contribution in [0.2, 0.25) is 0 Å². The molecule has 0 saturated carbocycles. The lowest BCUT2D eigenvalue weighted by Gasteiger charge is -2.37. The van der Waals surface area contributed by atoms with Crippen molar-refractivity contribution in [3.05, 3.63) is 24.5 Å². The van der Waals surface area contributed by atoms with Crippen LogP contribution in [0.3, 0.4) is 0 Å². The highest BCUT2D eigenvalue weighted by molar-refractivity contribution is 7.89. The predicted molar refractivity (Wildman–Crippen MR) is 101 cm³/mol. The monoisotopic (exact) mass is 397 g/mol. The molecule has 2 unspecified atom stereocenters. The van der Waals surface area contributed by atoms with Crippen LogP contribution in [-0.2, 0) is 19.5 Å². The van der Waals surface area contributed by atoms with Crippen LogP contribution in [-0.4, -0.2) is 82.9 Å². The molecule has 2 aliphatic heterocycles. The summed E-state index contributed by atoms with van der Waals surface area (Å²) < 4.78 is 38.5. The van der Waals surface area contributed by atoms with Gasteiger partial charge in [0.25, 0.3) is 0 Å². The first-order chi connectivity index (χ1) is 13.1. The minimum Gasteiger partial charge on any atom is -0.375 e. The van der Waals surface area contributed by atoms with Crippen LogP contribution in [0.5, 0.6) is 0 Å². The Hall–Kier alpha value is -1.75. The first-order valence-corrected chi connectivity index (χ1v) is 10.7. The number of sulfonamides is 1. The van der Waals surface area contributed by atoms with Crippen molar-refractivity contribution in [2.24, 2.45) is 4.99 Å². The van der Waals surface area contributed by atoms with E-state index in [1.165, 1.54) is 18.5 Å². The number of nitrogens with one attached hydrogen (secondary N) is 2. The molecular formula is C17H27N5O4S. The van der Waals surface area contributed by atoms with Crippen molar-refractivity contribution in [3.63, 3.8) is 0 Å². The highest BCUT2D eigenvalue weighted by Crippen LogP contribution is 2.20. The summed E-state index contributed by atoms with van der Waals surface area (Å²) in [5, 5.41) is 3.21. The fraction of sp³-hybridized carbons (Fsp3) is 0.647. The molecule has 9 nitrogen and oxygen atoms in total. The van der Waals surface area contributed by atoms with Crippen LogP contribution in [0.4, 0.5) is 0 Å². The first kappa shape index (κ1) is 20.0. The number of hydrogen-bond donors (Lipinski definition) is 2. The topological polar surface area (TPSA) is 105 Å². The average molecular weight is 398 g/mol. The molecule has 0 bridgehead atoms. The van der Waals surface area contributed by atoms with Gasteiger partial charge in [0.1, 0.15) is 11.0 Å². The molecule has 2 saturated heterocycles. The normalized spacial score (nSPS) is 24.2. The number of nitrogens with zero attached hydrogens (tertiary/aromatic N) is 3. The number of hydrogen-bond acceptors (Lipinski definition) is 6. The largest absolute Gasteiger partial charge is 0.375 e. The molecule has 0 spiro atoms. The van der Waals surface area contributed by atoms with Crippen LogP contribution in [0.1, 0.15) is 12.8 Å². The summed E-state index contributed by atoms with van der Waals surface area (Å²) in [5.74, 6) is 0.738. The SMILES string of the molecule is CN=C(NCCNS(=O)(=O)c1cccnc1)N1CCOC(C2CCCO2)C1. The number of guanidine groups is 1. The van der Waals surface area contributed by atoms with E-state index in [1.54, 1.807) is 13.1 Å². The Balaban J connectivity index is 1.46. The summed E-state index contributed by atoms with van der Waals surface area (Å²) in [7, 11) is -1.83. The van der Waals surface area contributed by atoms with E-state index in [0.717, 1.165) is 32.0 Å². The number of morpholine rings is 1. The number of rotatable bonds is 6. The second kappa shape index (κ2) is 9.45. The van der Waals surface area contributed by atoms with Crippen LogP contribution >= 0.6 is 0 Å². The average Bonchev–Trinajstić information content (AvgIpc) is 3.24. The zero-order chi connectivity index (χ0) is 19.1. The van der Waals surface area contributed by atoms with Gasteiger partial charge in [0, 0.05) is 52.2 Å². The van der Waals surface area contributed by atoms with Gasteiger partial charge in [-0.2, -0.15) is 0 Å². The molecule has 0 radical (unpaired) electrons. The quantitative estimate of drug-likeness (QED) is 0.390. The molecule has 2 N–H and O–H groups in total. The summed E-state index contributed by atoms with van der Waals surface area (Å²) >= 11 is 0. The standard InChI is InChI=1S/C17H27N5O4S/c1-18-17(22-9-11-26-16(13-22)15-5-3-10-25-15)20-7-8-21-27(23,24)14-4-2-6-19-12-14/h2,4,6,12,15-16,21H,3,5,7-11,13H2,1H3,(H,18,20). The van der Waals surface area contributed by atoms with Crippen molar-refractivity contribution < 1.29 is 17.9 Å². The number of aliphatic imine (C=N–C) groups is 1. The van der Waals surface area contributed by atoms with Crippen molar-refractivity contribution >= 4 is 16.0 Å². The molecular weight excluding hydrogens is 370 g/mol. The lowest BCUT2D eigenvalue weighted by Crippen LogP contribution is -2.54. The van der Waals surface area contributed by atoms with Crippen LogP contribution in [0.15, 0.2) is 34.4 Å². The molecule has 3 rings (SSSR count). The van der Waals surface area contributed by atoms with Gasteiger partial charge in [0.05, 0.1) is 12.7 Å². The minimum atomic E-state index is -3.55. The third-order valence-corrected chi connectivity index (χ3v) is 6.08. The van der Waals surface area contributed by atoms with Crippen molar-refractivity contribution in [1.29, 1.82) is 0 Å². The Morgan fingerprint density at radius 3 is 2.89 bits per heavy atom. The highest BCUT2D eigenvalue weighted by Gasteiger charge is 2.32. The third kappa shape index (κ3) is 5.38. The van der Waals surface area contributed by atoms with Crippen molar-refractivity contribution in [1.82, 2.24) is 19.9 Å². The maximum Gasteiger partial charge on any atom is 0.242 e. The van der Waals surface area contributed by atoms with Gasteiger partial charge in [0.2, 0.25) is 10.0 Å². The summed E-state index contributed by atoms with van der Waals surface area (Å²) in [6, 6.07) is 3.11. The lowest BCUT2D eigenvalue weighted by molar-refractivity contribution is -0.0816. The summed E-state index contributed by atoms with van der Waals surface area (Å²) in [6.07, 6.45) is 5.17. The molecule has 3 heterocycles. The predicted octanol–water partition coefficient (Wildman–Crippen LogP) is -0.185. The maximum atomic E-state index is 12.2. The Kier molecular flexibility index (Phi) is 7.00. The van der Waals surface area contributed by atoms with Crippen molar-refractivity contribution in [3.8, 4) is 0 Å². The molecule has 2 aliphatic rings. The zero-order valence-corrected chi connectivity index (χ0v) is 16.3. The van der Waals surface area contributed by atoms with Crippen LogP contribution < -0.4 is 10.0 Å². The molecule has 1 aromatic heterocycles. The van der Waals surface area contributed by atoms with Gasteiger partial charge in [-0.3, -0.25) is 9.98 Å². The van der Waals surface area contributed by atoms with E-state index in [-0.39, 0.29) is 23.6 Å². The van der Waals surface area contributed by atoms with Gasteiger partial charge in [-0.25, -0.2) is 13.1 Å². The first-order valence-electron chi connectivity index (χ1n) is 9.18. The Morgan fingerprint density at radius 2 is 2.19 bits per heavy atom. The fourth-order valence-electron chi connectivity index (χ4n) is 3.27. The highest BCUT2D eigenvalue weighted by atomic mass is 32.2. The third-order valence-electron chi connectivity index (χ3n) is 4.63. The smallest absolute Gasteiger partial charge is 0.242 e. The van der Waals surface area contributed by atoms with E-state index >= 15 is 0 Å². The molecule has 2 fully saturated rings. The molecule has 27 heavy (non-hydrogen) atoms. The molecule has 0 aliphatic carbocycles. The second-order valence-corrected chi connectivity index (χ2v) is 8.23. The number of pyridine rings is 1. The summed E-state index contributed by atoms with van der Waals surface area (Å²) in [5.41, 5.74) is 0. The van der Waals surface area contributed by atoms with E-state index < -0.39 is 10.0 Å². The Morgan fingerprint density at radius 1 is 1.33 bits per heavy atom. The van der Waals surface area contributed by atoms with E-state index in [0.29, 0.717) is 19.7 Å². The van der Waals surface area contributed by atoms with E-state index in [1.807, 2.05) is 0 Å². The van der Waals surface area contributed by atoms with E-state index in [2.05, 4.69) is 24.9 Å². The molecule has 2 atom stereocenters. The van der Waals surface area contributed by atoms with Gasteiger partial charge in [0.15, 0.2) is 5.96 Å². The lowest BCUT2D eigenvalue weighted by atomic mass is 10.1. The van der Waals surface area contributed by atoms with Crippen LogP contribution in [0.25, 0.3) is 0 Å². The van der Waals surface area contributed by atoms with Gasteiger partial charge in [-0.15, -0.1) is 0 Å². The molecule has 0 aromatic carbocycles. The second-order valence-electron chi connectivity index (χ2n) is 6.47. The van der Waals surface area contributed by atoms with E-state index in [9.17, 15) is 8.42 Å². The summed E-state index contributed by atoms with van der Waals surface area (Å²) in [6.45, 7) is 3.55. The van der Waals surface area contributed by atoms with Gasteiger partial charge in [-0.05, 0) is 25.0 Å². The van der Waals surface area contributed by atoms with Crippen molar-refractivity contribution in [2.45, 2.75) is 29.9 Å². The molecule has 0 amide bonds. The van der Waals surface area contributed by atoms with Gasteiger partial charge in [-0.1, -0.05) is 0 Å². The van der Waals surface area contributed by atoms with Gasteiger partial charge < -0.3 is 19.7 Å². The number of ether oxygens (including phenoxy) is 2. The maximum absolute atomic E-state index is 12.2. The van der Waals surface area contributed by atoms with E-state index in [4.69, 9.17) is 9.47 Å². The molecule has 1 aromatic rings. The number of aromatic nitrogens is 1.